The van der Waals surface area contributed by atoms with Crippen molar-refractivity contribution in [1.29, 1.82) is 0 Å². The molecule has 2 aromatic heterocycles. The van der Waals surface area contributed by atoms with Crippen LogP contribution in [0.2, 0.25) is 10.0 Å². The van der Waals surface area contributed by atoms with E-state index < -0.39 is 0 Å². The lowest BCUT2D eigenvalue weighted by Crippen LogP contribution is -2.05. The fraction of sp³-hybridized carbons (Fsp3) is 0.0625. The first-order valence-corrected chi connectivity index (χ1v) is 7.65. The minimum absolute atomic E-state index is 0.431. The van der Waals surface area contributed by atoms with E-state index in [9.17, 15) is 0 Å². The summed E-state index contributed by atoms with van der Waals surface area (Å²) < 4.78 is 0. The predicted molar refractivity (Wildman–Crippen MR) is 93.3 cm³/mol. The van der Waals surface area contributed by atoms with Crippen LogP contribution in [0.5, 0.6) is 0 Å². The molecule has 0 aliphatic heterocycles. The van der Waals surface area contributed by atoms with Crippen molar-refractivity contribution in [2.75, 3.05) is 10.6 Å². The standard InChI is InChI=1S/C16H13Cl2N5/c17-11-4-5-13(18)14(9-11)22-16-20-8-6-15(23-16)21-10-12-3-1-2-7-19-12/h1-9H,10H2,(H2,20,21,22,23). The first-order valence-electron chi connectivity index (χ1n) is 6.89. The Labute approximate surface area is 143 Å². The molecule has 0 saturated carbocycles. The van der Waals surface area contributed by atoms with Gasteiger partial charge in [0.25, 0.3) is 0 Å². The van der Waals surface area contributed by atoms with Crippen molar-refractivity contribution in [3.8, 4) is 0 Å². The number of aromatic nitrogens is 3. The Kier molecular flexibility index (Phi) is 4.90. The Morgan fingerprint density at radius 2 is 1.87 bits per heavy atom. The molecular formula is C16H13Cl2N5. The van der Waals surface area contributed by atoms with Gasteiger partial charge in [0.1, 0.15) is 5.82 Å². The van der Waals surface area contributed by atoms with Crippen LogP contribution in [-0.4, -0.2) is 15.0 Å². The molecule has 3 aromatic rings. The van der Waals surface area contributed by atoms with Gasteiger partial charge in [-0.1, -0.05) is 29.3 Å². The highest BCUT2D eigenvalue weighted by Crippen LogP contribution is 2.27. The summed E-state index contributed by atoms with van der Waals surface area (Å²) >= 11 is 12.1. The van der Waals surface area contributed by atoms with Crippen molar-refractivity contribution < 1.29 is 0 Å². The topological polar surface area (TPSA) is 62.7 Å². The third-order valence-corrected chi connectivity index (χ3v) is 3.57. The zero-order valence-electron chi connectivity index (χ0n) is 12.0. The molecule has 7 heteroatoms. The molecule has 5 nitrogen and oxygen atoms in total. The third-order valence-electron chi connectivity index (χ3n) is 3.01. The van der Waals surface area contributed by atoms with Crippen molar-refractivity contribution >= 4 is 40.7 Å². The highest BCUT2D eigenvalue weighted by atomic mass is 35.5. The summed E-state index contributed by atoms with van der Waals surface area (Å²) in [5.74, 6) is 1.12. The molecule has 0 aliphatic rings. The fourth-order valence-electron chi connectivity index (χ4n) is 1.91. The summed E-state index contributed by atoms with van der Waals surface area (Å²) in [6.45, 7) is 0.579. The summed E-state index contributed by atoms with van der Waals surface area (Å²) in [6, 6.07) is 12.7. The lowest BCUT2D eigenvalue weighted by Gasteiger charge is -2.09. The van der Waals surface area contributed by atoms with E-state index in [0.29, 0.717) is 34.0 Å². The number of benzene rings is 1. The van der Waals surface area contributed by atoms with Gasteiger partial charge in [0.15, 0.2) is 0 Å². The quantitative estimate of drug-likeness (QED) is 0.710. The monoisotopic (exact) mass is 345 g/mol. The number of anilines is 3. The van der Waals surface area contributed by atoms with Gasteiger partial charge in [-0.3, -0.25) is 4.98 Å². The number of pyridine rings is 1. The largest absolute Gasteiger partial charge is 0.364 e. The smallest absolute Gasteiger partial charge is 0.229 e. The molecule has 0 unspecified atom stereocenters. The number of hydrogen-bond acceptors (Lipinski definition) is 5. The van der Waals surface area contributed by atoms with Crippen LogP contribution >= 0.6 is 23.2 Å². The highest BCUT2D eigenvalue weighted by molar-refractivity contribution is 6.35. The lowest BCUT2D eigenvalue weighted by molar-refractivity contribution is 1.02. The lowest BCUT2D eigenvalue weighted by atomic mass is 10.3. The molecule has 0 saturated heterocycles. The predicted octanol–water partition coefficient (Wildman–Crippen LogP) is 4.53. The molecular weight excluding hydrogens is 333 g/mol. The molecule has 3 rings (SSSR count). The van der Waals surface area contributed by atoms with Crippen LogP contribution in [0, 0.1) is 0 Å². The summed E-state index contributed by atoms with van der Waals surface area (Å²) in [7, 11) is 0. The van der Waals surface area contributed by atoms with Gasteiger partial charge in [0, 0.05) is 17.4 Å². The van der Waals surface area contributed by atoms with Crippen molar-refractivity contribution in [3.63, 3.8) is 0 Å². The molecule has 0 atom stereocenters. The van der Waals surface area contributed by atoms with Gasteiger partial charge in [-0.15, -0.1) is 0 Å². The Morgan fingerprint density at radius 3 is 2.70 bits per heavy atom. The molecule has 0 amide bonds. The van der Waals surface area contributed by atoms with E-state index in [2.05, 4.69) is 25.6 Å². The molecule has 1 aromatic carbocycles. The number of nitrogens with zero attached hydrogens (tertiary/aromatic N) is 3. The minimum atomic E-state index is 0.431. The molecule has 0 aliphatic carbocycles. The van der Waals surface area contributed by atoms with E-state index in [-0.39, 0.29) is 0 Å². The van der Waals surface area contributed by atoms with Crippen LogP contribution in [0.25, 0.3) is 0 Å². The number of halogens is 2. The third kappa shape index (κ3) is 4.31. The first-order chi connectivity index (χ1) is 11.2. The SMILES string of the molecule is Clc1ccc(Cl)c(Nc2nccc(NCc3ccccn3)n2)c1. The maximum Gasteiger partial charge on any atom is 0.229 e. The molecule has 0 spiro atoms. The van der Waals surface area contributed by atoms with Gasteiger partial charge in [0.05, 0.1) is 22.9 Å². The second-order valence-electron chi connectivity index (χ2n) is 4.69. The van der Waals surface area contributed by atoms with Gasteiger partial charge >= 0.3 is 0 Å². The molecule has 0 radical (unpaired) electrons. The van der Waals surface area contributed by atoms with E-state index in [0.717, 1.165) is 5.69 Å². The fourth-order valence-corrected chi connectivity index (χ4v) is 2.25. The van der Waals surface area contributed by atoms with Crippen LogP contribution in [0.3, 0.4) is 0 Å². The second kappa shape index (κ2) is 7.26. The molecule has 0 bridgehead atoms. The van der Waals surface area contributed by atoms with Crippen molar-refractivity contribution in [3.05, 3.63) is 70.6 Å². The molecule has 116 valence electrons. The van der Waals surface area contributed by atoms with Gasteiger partial charge in [-0.2, -0.15) is 4.98 Å². The first kappa shape index (κ1) is 15.5. The van der Waals surface area contributed by atoms with E-state index in [1.807, 2.05) is 18.2 Å². The maximum atomic E-state index is 6.13. The Bertz CT molecular complexity index is 795. The second-order valence-corrected chi connectivity index (χ2v) is 5.53. The summed E-state index contributed by atoms with van der Waals surface area (Å²) in [6.07, 6.45) is 3.42. The van der Waals surface area contributed by atoms with E-state index in [4.69, 9.17) is 23.2 Å². The van der Waals surface area contributed by atoms with Gasteiger partial charge in [-0.25, -0.2) is 4.98 Å². The summed E-state index contributed by atoms with van der Waals surface area (Å²) in [5, 5.41) is 7.39. The number of nitrogens with one attached hydrogen (secondary N) is 2. The van der Waals surface area contributed by atoms with Gasteiger partial charge in [0.2, 0.25) is 5.95 Å². The van der Waals surface area contributed by atoms with E-state index in [1.165, 1.54) is 0 Å². The van der Waals surface area contributed by atoms with Crippen molar-refractivity contribution in [2.45, 2.75) is 6.54 Å². The Balaban J connectivity index is 1.71. The molecule has 0 fully saturated rings. The number of hydrogen-bond donors (Lipinski definition) is 2. The van der Waals surface area contributed by atoms with Gasteiger partial charge < -0.3 is 10.6 Å². The maximum absolute atomic E-state index is 6.13. The average Bonchev–Trinajstić information content (AvgIpc) is 2.58. The molecule has 2 N–H and O–H groups in total. The van der Waals surface area contributed by atoms with Crippen LogP contribution in [0.4, 0.5) is 17.5 Å². The van der Waals surface area contributed by atoms with Crippen molar-refractivity contribution in [1.82, 2.24) is 15.0 Å². The zero-order valence-corrected chi connectivity index (χ0v) is 13.5. The van der Waals surface area contributed by atoms with Crippen molar-refractivity contribution in [2.24, 2.45) is 0 Å². The Hall–Kier alpha value is -2.37. The van der Waals surface area contributed by atoms with Crippen LogP contribution in [-0.2, 0) is 6.54 Å². The van der Waals surface area contributed by atoms with Crippen LogP contribution < -0.4 is 10.6 Å². The highest BCUT2D eigenvalue weighted by Gasteiger charge is 2.05. The molecule has 23 heavy (non-hydrogen) atoms. The Morgan fingerprint density at radius 1 is 0.957 bits per heavy atom. The number of rotatable bonds is 5. The molecule has 2 heterocycles. The minimum Gasteiger partial charge on any atom is -0.364 e. The normalized spacial score (nSPS) is 10.3. The van der Waals surface area contributed by atoms with Gasteiger partial charge in [-0.05, 0) is 36.4 Å². The summed E-state index contributed by atoms with van der Waals surface area (Å²) in [4.78, 5) is 12.8. The summed E-state index contributed by atoms with van der Waals surface area (Å²) in [5.41, 5.74) is 1.58. The van der Waals surface area contributed by atoms with E-state index >= 15 is 0 Å². The van der Waals surface area contributed by atoms with Crippen LogP contribution in [0.15, 0.2) is 54.9 Å². The average molecular weight is 346 g/mol. The van der Waals surface area contributed by atoms with Crippen LogP contribution in [0.1, 0.15) is 5.69 Å². The van der Waals surface area contributed by atoms with E-state index in [1.54, 1.807) is 36.7 Å². The zero-order chi connectivity index (χ0) is 16.1.